The number of halogens is 3. The summed E-state index contributed by atoms with van der Waals surface area (Å²) in [5.41, 5.74) is 7.72. The standard InChI is InChI=1S/C20H17ClN2O4.C13H11BrClNO2.C8H9NO2/c1-12(24)27-11-16-6-13(5-15-8-17(21)10-23-19(15)16)7-18-9-14(3-4-22-18)20(25)26-2;1-8(17)18-7-11-3-9(5-14)2-10-4-12(15)6-16-13(10)11;1-6-5-7(3-4-9-6)8(10)11-2/h3-6,8-10H,7,11H2,1-2H3;2-4,6H,5,7H2,1H3;3-5H,1-2H3. The van der Waals surface area contributed by atoms with Crippen molar-refractivity contribution < 1.29 is 38.1 Å². The first-order valence-corrected chi connectivity index (χ1v) is 18.7. The number of benzene rings is 2. The average Bonchev–Trinajstić information content (AvgIpc) is 3.18. The van der Waals surface area contributed by atoms with Crippen LogP contribution < -0.4 is 0 Å². The van der Waals surface area contributed by atoms with Gasteiger partial charge >= 0.3 is 23.9 Å². The lowest BCUT2D eigenvalue weighted by Crippen LogP contribution is -2.04. The Morgan fingerprint density at radius 3 is 1.61 bits per heavy atom. The number of carbonyl (C=O) groups excluding carboxylic acids is 4. The number of esters is 4. The zero-order valence-corrected chi connectivity index (χ0v) is 34.2. The summed E-state index contributed by atoms with van der Waals surface area (Å²) in [6, 6.07) is 18.1. The molecule has 0 N–H and O–H groups in total. The van der Waals surface area contributed by atoms with E-state index in [9.17, 15) is 19.2 Å². The van der Waals surface area contributed by atoms with Crippen LogP contribution >= 0.6 is 39.1 Å². The van der Waals surface area contributed by atoms with E-state index in [4.69, 9.17) is 37.4 Å². The Morgan fingerprint density at radius 1 is 0.643 bits per heavy atom. The second-order valence-electron chi connectivity index (χ2n) is 12.0. The number of fused-ring (bicyclic) bond motifs is 2. The molecule has 15 heteroatoms. The third-order valence-corrected chi connectivity index (χ3v) is 8.79. The normalized spacial score (nSPS) is 10.4. The van der Waals surface area contributed by atoms with Crippen molar-refractivity contribution in [2.75, 3.05) is 14.2 Å². The van der Waals surface area contributed by atoms with Crippen LogP contribution in [0.1, 0.15) is 68.2 Å². The number of pyridine rings is 4. The van der Waals surface area contributed by atoms with Crippen LogP contribution in [0.5, 0.6) is 0 Å². The van der Waals surface area contributed by atoms with Gasteiger partial charge in [-0.3, -0.25) is 29.5 Å². The minimum atomic E-state index is -0.413. The highest BCUT2D eigenvalue weighted by molar-refractivity contribution is 9.08. The van der Waals surface area contributed by atoms with Crippen LogP contribution in [-0.2, 0) is 53.5 Å². The second-order valence-corrected chi connectivity index (χ2v) is 13.5. The van der Waals surface area contributed by atoms with E-state index in [1.165, 1.54) is 28.1 Å². The van der Waals surface area contributed by atoms with Gasteiger partial charge in [0.1, 0.15) is 13.2 Å². The number of ether oxygens (including phenoxy) is 4. The van der Waals surface area contributed by atoms with Gasteiger partial charge in [0, 0.05) is 83.7 Å². The number of nitrogens with zero attached hydrogens (tertiary/aromatic N) is 4. The van der Waals surface area contributed by atoms with Crippen molar-refractivity contribution in [1.29, 1.82) is 0 Å². The highest BCUT2D eigenvalue weighted by Gasteiger charge is 2.12. The molecule has 0 unspecified atom stereocenters. The predicted molar refractivity (Wildman–Crippen MR) is 216 cm³/mol. The number of carbonyl (C=O) groups is 4. The van der Waals surface area contributed by atoms with Crippen molar-refractivity contribution in [3.63, 3.8) is 0 Å². The van der Waals surface area contributed by atoms with E-state index in [1.54, 1.807) is 49.1 Å². The fraction of sp³-hybridized carbons (Fsp3) is 0.220. The third-order valence-electron chi connectivity index (χ3n) is 7.73. The number of alkyl halides is 1. The summed E-state index contributed by atoms with van der Waals surface area (Å²) in [5, 5.41) is 3.62. The van der Waals surface area contributed by atoms with Crippen LogP contribution in [0.3, 0.4) is 0 Å². The van der Waals surface area contributed by atoms with E-state index >= 15 is 0 Å². The molecule has 0 atom stereocenters. The minimum Gasteiger partial charge on any atom is -0.465 e. The first-order chi connectivity index (χ1) is 26.8. The molecule has 0 aliphatic heterocycles. The molecule has 0 saturated carbocycles. The van der Waals surface area contributed by atoms with E-state index in [1.807, 2.05) is 43.3 Å². The number of methoxy groups -OCH3 is 2. The van der Waals surface area contributed by atoms with Crippen molar-refractivity contribution in [2.45, 2.75) is 45.7 Å². The molecule has 0 bridgehead atoms. The summed E-state index contributed by atoms with van der Waals surface area (Å²) in [6.07, 6.45) is 6.79. The molecule has 6 rings (SSSR count). The van der Waals surface area contributed by atoms with E-state index in [0.29, 0.717) is 33.3 Å². The summed E-state index contributed by atoms with van der Waals surface area (Å²) in [6.45, 7) is 4.91. The molecule has 56 heavy (non-hydrogen) atoms. The van der Waals surface area contributed by atoms with Crippen molar-refractivity contribution >= 4 is 84.8 Å². The maximum absolute atomic E-state index is 11.7. The lowest BCUT2D eigenvalue weighted by atomic mass is 10.0. The van der Waals surface area contributed by atoms with Crippen LogP contribution in [0.25, 0.3) is 21.8 Å². The number of aryl methyl sites for hydroxylation is 1. The second kappa shape index (κ2) is 21.0. The van der Waals surface area contributed by atoms with Gasteiger partial charge in [0.25, 0.3) is 0 Å². The molecule has 0 saturated heterocycles. The summed E-state index contributed by atoms with van der Waals surface area (Å²) < 4.78 is 19.5. The van der Waals surface area contributed by atoms with E-state index < -0.39 is 5.97 Å². The SMILES string of the molecule is CC(=O)OCc1cc(CBr)cc2cc(Cl)cnc12.COC(=O)c1ccnc(C)c1.COC(=O)c1ccnc(Cc2cc(COC(C)=O)c3ncc(Cl)cc3c2)c1. The molecule has 0 aliphatic carbocycles. The Labute approximate surface area is 341 Å². The Bertz CT molecular complexity index is 2380. The fourth-order valence-electron chi connectivity index (χ4n) is 5.31. The Kier molecular flexibility index (Phi) is 16.2. The summed E-state index contributed by atoms with van der Waals surface area (Å²) in [5.74, 6) is -1.41. The van der Waals surface area contributed by atoms with Crippen molar-refractivity contribution in [2.24, 2.45) is 0 Å². The molecule has 4 heterocycles. The molecule has 12 nitrogen and oxygen atoms in total. The van der Waals surface area contributed by atoms with Crippen molar-refractivity contribution in [3.05, 3.63) is 140 Å². The van der Waals surface area contributed by atoms with Crippen LogP contribution in [0, 0.1) is 6.92 Å². The highest BCUT2D eigenvalue weighted by atomic mass is 79.9. The summed E-state index contributed by atoms with van der Waals surface area (Å²) in [7, 11) is 2.70. The Balaban J connectivity index is 0.000000206. The van der Waals surface area contributed by atoms with Crippen LogP contribution in [0.15, 0.2) is 85.5 Å². The lowest BCUT2D eigenvalue weighted by molar-refractivity contribution is -0.143. The van der Waals surface area contributed by atoms with Gasteiger partial charge in [-0.1, -0.05) is 39.1 Å². The monoisotopic (exact) mass is 862 g/mol. The topological polar surface area (TPSA) is 157 Å². The summed E-state index contributed by atoms with van der Waals surface area (Å²) in [4.78, 5) is 61.6. The number of aromatic nitrogens is 4. The largest absolute Gasteiger partial charge is 0.465 e. The first-order valence-electron chi connectivity index (χ1n) is 16.8. The Hall–Kier alpha value is -5.50. The highest BCUT2D eigenvalue weighted by Crippen LogP contribution is 2.26. The maximum atomic E-state index is 11.7. The van der Waals surface area contributed by atoms with Crippen molar-refractivity contribution in [3.8, 4) is 0 Å². The van der Waals surface area contributed by atoms with Gasteiger partial charge in [0.2, 0.25) is 0 Å². The first kappa shape index (κ1) is 43.2. The van der Waals surface area contributed by atoms with Gasteiger partial charge in [0.15, 0.2) is 0 Å². The molecular weight excluding hydrogens is 827 g/mol. The van der Waals surface area contributed by atoms with Crippen LogP contribution in [0.4, 0.5) is 0 Å². The zero-order valence-electron chi connectivity index (χ0n) is 31.1. The van der Waals surface area contributed by atoms with Crippen LogP contribution in [0.2, 0.25) is 10.0 Å². The average molecular weight is 865 g/mol. The lowest BCUT2D eigenvalue weighted by Gasteiger charge is -2.10. The van der Waals surface area contributed by atoms with Crippen LogP contribution in [-0.4, -0.2) is 58.0 Å². The molecule has 6 aromatic rings. The molecule has 0 spiro atoms. The fourth-order valence-corrected chi connectivity index (χ4v) is 5.97. The number of hydrogen-bond donors (Lipinski definition) is 0. The molecule has 4 aromatic heterocycles. The maximum Gasteiger partial charge on any atom is 0.337 e. The van der Waals surface area contributed by atoms with Gasteiger partial charge in [-0.25, -0.2) is 9.59 Å². The molecule has 290 valence electrons. The molecular formula is C41H37BrCl2N4O8. The molecule has 2 aromatic carbocycles. The van der Waals surface area contributed by atoms with Gasteiger partial charge in [-0.15, -0.1) is 0 Å². The van der Waals surface area contributed by atoms with Gasteiger partial charge < -0.3 is 18.9 Å². The molecule has 0 radical (unpaired) electrons. The smallest absolute Gasteiger partial charge is 0.337 e. The quantitative estimate of drug-likeness (QED) is 0.0775. The van der Waals surface area contributed by atoms with Crippen molar-refractivity contribution in [1.82, 2.24) is 19.9 Å². The zero-order chi connectivity index (χ0) is 40.8. The van der Waals surface area contributed by atoms with E-state index in [-0.39, 0.29) is 31.1 Å². The Morgan fingerprint density at radius 2 is 1.12 bits per heavy atom. The molecule has 0 aliphatic rings. The number of rotatable bonds is 9. The molecule has 0 fully saturated rings. The van der Waals surface area contributed by atoms with E-state index in [2.05, 4.69) is 40.6 Å². The minimum absolute atomic E-state index is 0.115. The summed E-state index contributed by atoms with van der Waals surface area (Å²) >= 11 is 15.4. The molecule has 0 amide bonds. The van der Waals surface area contributed by atoms with E-state index in [0.717, 1.165) is 55.1 Å². The predicted octanol–water partition coefficient (Wildman–Crippen LogP) is 8.75. The third kappa shape index (κ3) is 12.8. The van der Waals surface area contributed by atoms with Gasteiger partial charge in [-0.2, -0.15) is 0 Å². The number of hydrogen-bond acceptors (Lipinski definition) is 12. The van der Waals surface area contributed by atoms with Gasteiger partial charge in [-0.05, 0) is 78.7 Å². The van der Waals surface area contributed by atoms with Gasteiger partial charge in [0.05, 0.1) is 46.4 Å².